The summed E-state index contributed by atoms with van der Waals surface area (Å²) in [7, 11) is 1.36. The normalized spacial score (nSPS) is 20.1. The number of hydrogen-bond donors (Lipinski definition) is 2. The number of carbonyl (C=O) groups excluding carboxylic acids is 2. The van der Waals surface area contributed by atoms with Crippen molar-refractivity contribution in [3.63, 3.8) is 0 Å². The molecule has 2 heterocycles. The Kier molecular flexibility index (Phi) is 7.71. The number of aromatic nitrogens is 2. The van der Waals surface area contributed by atoms with Gasteiger partial charge in [-0.3, -0.25) is 9.48 Å². The maximum absolute atomic E-state index is 13.2. The number of nitrogens with one attached hydrogen (secondary N) is 2. The zero-order valence-corrected chi connectivity index (χ0v) is 18.5. The fraction of sp³-hybridized carbons (Fsp3) is 0.762. The van der Waals surface area contributed by atoms with Gasteiger partial charge in [0, 0.05) is 37.9 Å². The Morgan fingerprint density at radius 3 is 2.77 bits per heavy atom. The summed E-state index contributed by atoms with van der Waals surface area (Å²) in [6.07, 6.45) is 1.97. The van der Waals surface area contributed by atoms with Crippen LogP contribution in [0.1, 0.15) is 63.4 Å². The molecule has 3 rings (SSSR count). The van der Waals surface area contributed by atoms with Gasteiger partial charge < -0.3 is 25.0 Å². The summed E-state index contributed by atoms with van der Waals surface area (Å²) in [5, 5.41) is 10.8. The topological polar surface area (TPSA) is 97.7 Å². The third-order valence-corrected chi connectivity index (χ3v) is 5.67. The molecule has 9 nitrogen and oxygen atoms in total. The van der Waals surface area contributed by atoms with E-state index in [1.54, 1.807) is 0 Å². The van der Waals surface area contributed by atoms with Gasteiger partial charge in [-0.05, 0) is 38.2 Å². The van der Waals surface area contributed by atoms with E-state index in [1.165, 1.54) is 7.11 Å². The summed E-state index contributed by atoms with van der Waals surface area (Å²) >= 11 is 0. The van der Waals surface area contributed by atoms with Crippen molar-refractivity contribution in [2.45, 2.75) is 70.7 Å². The number of nitrogens with zero attached hydrogens (tertiary/aromatic N) is 3. The standard InChI is InChI=1S/C21H35N5O4/c1-14(2)18-12-17(24-25(18)10-5-8-23-21(28)29-4)15(3)26(16-6-7-16)20(27)19-13-22-9-11-30-19/h12,14-16,19,22H,5-11,13H2,1-4H3,(H,23,28)/t15-,19-/m1/s1. The van der Waals surface area contributed by atoms with E-state index in [0.29, 0.717) is 32.2 Å². The second-order valence-corrected chi connectivity index (χ2v) is 8.36. The molecule has 0 aromatic carbocycles. The SMILES string of the molecule is COC(=O)NCCCn1nc([C@@H](C)N(C(=O)[C@H]2CNCCO2)C2CC2)cc1C(C)C. The Bertz CT molecular complexity index is 725. The summed E-state index contributed by atoms with van der Waals surface area (Å²) < 4.78 is 12.3. The lowest BCUT2D eigenvalue weighted by Gasteiger charge is -2.33. The van der Waals surface area contributed by atoms with E-state index >= 15 is 0 Å². The minimum Gasteiger partial charge on any atom is -0.453 e. The van der Waals surface area contributed by atoms with Crippen LogP contribution in [0.25, 0.3) is 0 Å². The summed E-state index contributed by atoms with van der Waals surface area (Å²) in [4.78, 5) is 26.4. The van der Waals surface area contributed by atoms with Crippen LogP contribution < -0.4 is 10.6 Å². The predicted octanol–water partition coefficient (Wildman–Crippen LogP) is 1.79. The van der Waals surface area contributed by atoms with Crippen LogP contribution in [-0.4, -0.2) is 72.2 Å². The molecule has 0 radical (unpaired) electrons. The lowest BCUT2D eigenvalue weighted by Crippen LogP contribution is -2.50. The Hall–Kier alpha value is -2.13. The molecule has 1 aromatic heterocycles. The van der Waals surface area contributed by atoms with Crippen molar-refractivity contribution in [1.82, 2.24) is 25.3 Å². The molecule has 0 spiro atoms. The largest absolute Gasteiger partial charge is 0.453 e. The molecule has 1 aliphatic carbocycles. The highest BCUT2D eigenvalue weighted by Gasteiger charge is 2.40. The van der Waals surface area contributed by atoms with Gasteiger partial charge in [-0.25, -0.2) is 4.79 Å². The molecule has 2 atom stereocenters. The van der Waals surface area contributed by atoms with Gasteiger partial charge in [0.2, 0.25) is 0 Å². The van der Waals surface area contributed by atoms with E-state index in [4.69, 9.17) is 9.84 Å². The molecule has 168 valence electrons. The number of morpholine rings is 1. The van der Waals surface area contributed by atoms with Gasteiger partial charge in [0.05, 0.1) is 25.5 Å². The minimum atomic E-state index is -0.424. The van der Waals surface area contributed by atoms with Crippen molar-refractivity contribution in [1.29, 1.82) is 0 Å². The molecule has 2 amide bonds. The van der Waals surface area contributed by atoms with Crippen molar-refractivity contribution in [3.05, 3.63) is 17.5 Å². The van der Waals surface area contributed by atoms with Crippen LogP contribution in [0.4, 0.5) is 4.79 Å². The second-order valence-electron chi connectivity index (χ2n) is 8.36. The fourth-order valence-corrected chi connectivity index (χ4v) is 3.86. The fourth-order valence-electron chi connectivity index (χ4n) is 3.86. The Morgan fingerprint density at radius 2 is 2.17 bits per heavy atom. The monoisotopic (exact) mass is 421 g/mol. The van der Waals surface area contributed by atoms with E-state index in [1.807, 2.05) is 9.58 Å². The highest BCUT2D eigenvalue weighted by Crippen LogP contribution is 2.35. The quantitative estimate of drug-likeness (QED) is 0.590. The van der Waals surface area contributed by atoms with Gasteiger partial charge in [0.15, 0.2) is 0 Å². The van der Waals surface area contributed by atoms with Crippen LogP contribution in [0.15, 0.2) is 6.07 Å². The Labute approximate surface area is 178 Å². The van der Waals surface area contributed by atoms with Crippen molar-refractivity contribution in [2.75, 3.05) is 33.4 Å². The average molecular weight is 422 g/mol. The number of alkyl carbamates (subject to hydrolysis) is 1. The number of amides is 2. The van der Waals surface area contributed by atoms with E-state index < -0.39 is 12.2 Å². The molecule has 2 fully saturated rings. The predicted molar refractivity (Wildman–Crippen MR) is 112 cm³/mol. The molecular weight excluding hydrogens is 386 g/mol. The molecule has 0 unspecified atom stereocenters. The Balaban J connectivity index is 1.70. The average Bonchev–Trinajstić information content (AvgIpc) is 3.48. The number of methoxy groups -OCH3 is 1. The molecule has 2 aliphatic rings. The van der Waals surface area contributed by atoms with Crippen LogP contribution in [0.5, 0.6) is 0 Å². The van der Waals surface area contributed by atoms with E-state index in [2.05, 4.69) is 42.2 Å². The molecule has 2 N–H and O–H groups in total. The van der Waals surface area contributed by atoms with E-state index in [0.717, 1.165) is 37.2 Å². The van der Waals surface area contributed by atoms with Crippen LogP contribution in [0.3, 0.4) is 0 Å². The summed E-state index contributed by atoms with van der Waals surface area (Å²) in [5.74, 6) is 0.364. The number of ether oxygens (including phenoxy) is 2. The van der Waals surface area contributed by atoms with Crippen molar-refractivity contribution >= 4 is 12.0 Å². The first-order valence-electron chi connectivity index (χ1n) is 11.0. The molecule has 1 aliphatic heterocycles. The molecule has 1 aromatic rings. The molecule has 0 bridgehead atoms. The van der Waals surface area contributed by atoms with Gasteiger partial charge >= 0.3 is 6.09 Å². The first-order valence-corrected chi connectivity index (χ1v) is 11.0. The smallest absolute Gasteiger partial charge is 0.406 e. The third kappa shape index (κ3) is 5.51. The minimum absolute atomic E-state index is 0.0557. The van der Waals surface area contributed by atoms with Gasteiger partial charge in [0.25, 0.3) is 5.91 Å². The maximum Gasteiger partial charge on any atom is 0.406 e. The second kappa shape index (κ2) is 10.3. The molecule has 30 heavy (non-hydrogen) atoms. The van der Waals surface area contributed by atoms with Crippen molar-refractivity contribution in [2.24, 2.45) is 0 Å². The van der Waals surface area contributed by atoms with Gasteiger partial charge in [-0.15, -0.1) is 0 Å². The van der Waals surface area contributed by atoms with Gasteiger partial charge in [0.1, 0.15) is 6.10 Å². The zero-order chi connectivity index (χ0) is 21.7. The summed E-state index contributed by atoms with van der Waals surface area (Å²) in [5.41, 5.74) is 2.04. The van der Waals surface area contributed by atoms with Crippen LogP contribution in [0, 0.1) is 0 Å². The summed E-state index contributed by atoms with van der Waals surface area (Å²) in [6, 6.07) is 2.28. The zero-order valence-electron chi connectivity index (χ0n) is 18.5. The highest BCUT2D eigenvalue weighted by atomic mass is 16.5. The third-order valence-electron chi connectivity index (χ3n) is 5.67. The lowest BCUT2D eigenvalue weighted by atomic mass is 10.1. The number of carbonyl (C=O) groups is 2. The van der Waals surface area contributed by atoms with Crippen LogP contribution >= 0.6 is 0 Å². The van der Waals surface area contributed by atoms with Crippen molar-refractivity contribution in [3.8, 4) is 0 Å². The maximum atomic E-state index is 13.2. The lowest BCUT2D eigenvalue weighted by molar-refractivity contribution is -0.148. The van der Waals surface area contributed by atoms with Gasteiger partial charge in [-0.2, -0.15) is 5.10 Å². The molecule has 9 heteroatoms. The van der Waals surface area contributed by atoms with E-state index in [-0.39, 0.29) is 18.0 Å². The highest BCUT2D eigenvalue weighted by molar-refractivity contribution is 5.82. The first kappa shape index (κ1) is 22.6. The van der Waals surface area contributed by atoms with Crippen molar-refractivity contribution < 1.29 is 19.1 Å². The summed E-state index contributed by atoms with van der Waals surface area (Å²) in [6.45, 7) is 9.46. The van der Waals surface area contributed by atoms with E-state index in [9.17, 15) is 9.59 Å². The Morgan fingerprint density at radius 1 is 1.40 bits per heavy atom. The first-order chi connectivity index (χ1) is 14.4. The number of hydrogen-bond acceptors (Lipinski definition) is 6. The van der Waals surface area contributed by atoms with Crippen LogP contribution in [-0.2, 0) is 20.8 Å². The molecular formula is C21H35N5O4. The number of rotatable bonds is 9. The molecule has 1 saturated carbocycles. The van der Waals surface area contributed by atoms with Crippen LogP contribution in [0.2, 0.25) is 0 Å². The number of aryl methyl sites for hydroxylation is 1. The van der Waals surface area contributed by atoms with Gasteiger partial charge in [-0.1, -0.05) is 13.8 Å². The molecule has 1 saturated heterocycles.